The number of primary sulfonamides is 1. The van der Waals surface area contributed by atoms with E-state index in [0.717, 1.165) is 38.8 Å². The number of para-hydroxylation sites is 1. The molecule has 3 aromatic carbocycles. The number of thiazole rings is 1. The van der Waals surface area contributed by atoms with E-state index in [1.54, 1.807) is 25.1 Å². The molecule has 0 radical (unpaired) electrons. The minimum absolute atomic E-state index is 0.109. The number of ether oxygens (including phenoxy) is 2. The molecule has 3 amide bonds. The van der Waals surface area contributed by atoms with Gasteiger partial charge >= 0.3 is 11.0 Å². The highest BCUT2D eigenvalue weighted by Crippen LogP contribution is 2.69. The molecule has 2 aliphatic heterocycles. The van der Waals surface area contributed by atoms with Crippen LogP contribution in [0.4, 0.5) is 24.5 Å². The lowest BCUT2D eigenvalue weighted by Gasteiger charge is -2.43. The van der Waals surface area contributed by atoms with E-state index in [1.165, 1.54) is 48.2 Å². The summed E-state index contributed by atoms with van der Waals surface area (Å²) in [6.07, 6.45) is -4.23. The van der Waals surface area contributed by atoms with Crippen molar-refractivity contribution in [2.24, 2.45) is 34.7 Å². The van der Waals surface area contributed by atoms with Crippen molar-refractivity contribution in [1.29, 1.82) is 0 Å². The molecule has 4 aromatic rings. The number of rotatable bonds is 9. The number of H-pyrrole nitrogens is 1. The third-order valence-electron chi connectivity index (χ3n) is 10.6. The molecule has 3 heterocycles. The number of imide groups is 1. The van der Waals surface area contributed by atoms with Crippen molar-refractivity contribution in [3.63, 3.8) is 0 Å². The summed E-state index contributed by atoms with van der Waals surface area (Å²) >= 11 is 2.51. The van der Waals surface area contributed by atoms with Crippen molar-refractivity contribution in [3.05, 3.63) is 92.4 Å². The molecule has 4 N–H and O–H groups in total. The Morgan fingerprint density at radius 1 is 0.981 bits per heavy atom. The van der Waals surface area contributed by atoms with Gasteiger partial charge in [0.15, 0.2) is 18.1 Å². The fourth-order valence-corrected chi connectivity index (χ4v) is 12.1. The number of alkyl halides is 3. The number of amides is 3. The van der Waals surface area contributed by atoms with Gasteiger partial charge in [-0.1, -0.05) is 29.5 Å². The molecule has 6 unspecified atom stereocenters. The zero-order chi connectivity index (χ0) is 38.3. The molecule has 2 saturated carbocycles. The lowest BCUT2D eigenvalue weighted by molar-refractivity contribution is -0.137. The number of halogens is 3. The summed E-state index contributed by atoms with van der Waals surface area (Å²) < 4.78 is 77.0. The number of carbonyl (C=O) groups excluding carboxylic acids is 3. The normalized spacial score (nSPS) is 25.6. The van der Waals surface area contributed by atoms with Crippen molar-refractivity contribution in [2.75, 3.05) is 23.4 Å². The predicted octanol–water partition coefficient (Wildman–Crippen LogP) is 5.20. The van der Waals surface area contributed by atoms with Crippen molar-refractivity contribution in [3.8, 4) is 11.5 Å². The van der Waals surface area contributed by atoms with Gasteiger partial charge in [-0.25, -0.2) is 18.5 Å². The molecule has 282 valence electrons. The van der Waals surface area contributed by atoms with E-state index in [0.29, 0.717) is 22.9 Å². The van der Waals surface area contributed by atoms with Gasteiger partial charge in [0.2, 0.25) is 21.8 Å². The Hall–Kier alpha value is -4.65. The van der Waals surface area contributed by atoms with Gasteiger partial charge in [0.1, 0.15) is 0 Å². The zero-order valence-corrected chi connectivity index (χ0v) is 30.6. The number of thioether (sulfide) groups is 1. The third-order valence-corrected chi connectivity index (χ3v) is 14.1. The Bertz CT molecular complexity index is 2360. The number of sulfonamides is 1. The average molecular weight is 801 g/mol. The molecule has 12 nitrogen and oxygen atoms in total. The van der Waals surface area contributed by atoms with Gasteiger partial charge in [-0.3, -0.25) is 19.2 Å². The van der Waals surface area contributed by atoms with Crippen LogP contribution in [0.2, 0.25) is 0 Å². The molecule has 3 fully saturated rings. The van der Waals surface area contributed by atoms with E-state index in [-0.39, 0.29) is 45.1 Å². The van der Waals surface area contributed by atoms with Crippen LogP contribution in [0.15, 0.2) is 81.4 Å². The molecule has 54 heavy (non-hydrogen) atoms. The maximum Gasteiger partial charge on any atom is 0.418 e. The number of aromatic nitrogens is 1. The predicted molar refractivity (Wildman–Crippen MR) is 192 cm³/mol. The second kappa shape index (κ2) is 13.3. The van der Waals surface area contributed by atoms with Gasteiger partial charge in [0.25, 0.3) is 5.91 Å². The second-order valence-corrected chi connectivity index (χ2v) is 17.3. The quantitative estimate of drug-likeness (QED) is 0.192. The van der Waals surface area contributed by atoms with Crippen molar-refractivity contribution in [2.45, 2.75) is 40.6 Å². The maximum absolute atomic E-state index is 14.1. The van der Waals surface area contributed by atoms with E-state index in [1.807, 2.05) is 0 Å². The SMILES string of the molecule is CCOc1cc([C@H]2c3sc(=O)[nH]c3SC3C4CC(C5C(=O)N(c6ccccc6C(F)(F)F)C(=O)C45)C32)ccc1OCC(=O)Nc1ccc(S(N)(=O)=O)cc1. The standard InChI is InChI=1S/C36H31F3N4O8S3/c1-2-50-24-13-16(7-12-23(24)51-15-25(44)41-17-8-10-18(11-9-17)54(40,48)49)26-27-19-14-20(30(27)52-32-31(26)53-35(47)42-32)29-28(19)33(45)43(34(29)46)22-6-4-3-5-21(22)36(37,38)39/h3-13,19-20,26-30H,2,14-15H2,1H3,(H,41,44)(H,42,47)(H2,40,48,49)/t19?,20?,26-,27?,28?,29?,30?/m1/s1. The Labute approximate surface area is 314 Å². The highest BCUT2D eigenvalue weighted by atomic mass is 32.2. The average Bonchev–Trinajstić information content (AvgIpc) is 3.86. The molecule has 1 saturated heterocycles. The van der Waals surface area contributed by atoms with Gasteiger partial charge in [0, 0.05) is 21.7 Å². The molecule has 7 atom stereocenters. The molecule has 4 aliphatic rings. The maximum atomic E-state index is 14.1. The Morgan fingerprint density at radius 3 is 2.37 bits per heavy atom. The van der Waals surface area contributed by atoms with Crippen molar-refractivity contribution >= 4 is 62.2 Å². The van der Waals surface area contributed by atoms with Crippen LogP contribution < -0.4 is 29.7 Å². The molecule has 1 aromatic heterocycles. The Morgan fingerprint density at radius 2 is 1.69 bits per heavy atom. The minimum atomic E-state index is -4.77. The van der Waals surface area contributed by atoms with Crippen molar-refractivity contribution < 1.29 is 45.4 Å². The number of hydrogen-bond acceptors (Lipinski definition) is 10. The second-order valence-electron chi connectivity index (χ2n) is 13.5. The number of carbonyl (C=O) groups is 3. The van der Waals surface area contributed by atoms with Crippen LogP contribution in [0.5, 0.6) is 11.5 Å². The van der Waals surface area contributed by atoms with Gasteiger partial charge in [-0.2, -0.15) is 13.2 Å². The summed E-state index contributed by atoms with van der Waals surface area (Å²) in [6.45, 7) is 1.61. The largest absolute Gasteiger partial charge is 0.490 e. The number of hydrogen-bond donors (Lipinski definition) is 3. The van der Waals surface area contributed by atoms with Gasteiger partial charge in [0.05, 0.1) is 39.6 Å². The lowest BCUT2D eigenvalue weighted by Crippen LogP contribution is -2.42. The molecule has 2 bridgehead atoms. The van der Waals surface area contributed by atoms with E-state index >= 15 is 0 Å². The van der Waals surface area contributed by atoms with Crippen LogP contribution in [0.3, 0.4) is 0 Å². The lowest BCUT2D eigenvalue weighted by atomic mass is 9.68. The van der Waals surface area contributed by atoms with Crippen LogP contribution in [0, 0.1) is 29.6 Å². The highest BCUT2D eigenvalue weighted by molar-refractivity contribution is 8.00. The number of nitrogens with two attached hydrogens (primary N) is 1. The van der Waals surface area contributed by atoms with Crippen molar-refractivity contribution in [1.82, 2.24) is 4.98 Å². The van der Waals surface area contributed by atoms with Gasteiger partial charge < -0.3 is 19.8 Å². The number of aromatic amines is 1. The van der Waals surface area contributed by atoms with Crippen LogP contribution in [0.1, 0.15) is 35.3 Å². The summed E-state index contributed by atoms with van der Waals surface area (Å²) in [6, 6.07) is 15.1. The van der Waals surface area contributed by atoms with E-state index in [9.17, 15) is 40.8 Å². The summed E-state index contributed by atoms with van der Waals surface area (Å²) in [4.78, 5) is 57.6. The number of benzene rings is 3. The zero-order valence-electron chi connectivity index (χ0n) is 28.2. The summed E-state index contributed by atoms with van der Waals surface area (Å²) in [5.41, 5.74) is -0.441. The summed E-state index contributed by atoms with van der Waals surface area (Å²) in [5.74, 6) is -4.11. The fourth-order valence-electron chi connectivity index (χ4n) is 8.71. The summed E-state index contributed by atoms with van der Waals surface area (Å²) in [7, 11) is -3.90. The Kier molecular flexibility index (Phi) is 8.93. The molecular formula is C36H31F3N4O8S3. The van der Waals surface area contributed by atoms with Crippen LogP contribution >= 0.6 is 23.1 Å². The first-order valence-corrected chi connectivity index (χ1v) is 20.2. The van der Waals surface area contributed by atoms with E-state index < -0.39 is 69.5 Å². The van der Waals surface area contributed by atoms with E-state index in [4.69, 9.17) is 14.6 Å². The first-order chi connectivity index (χ1) is 25.7. The highest BCUT2D eigenvalue weighted by Gasteiger charge is 2.70. The first kappa shape index (κ1) is 36.3. The number of fused-ring (bicyclic) bond motifs is 9. The Balaban J connectivity index is 1.08. The summed E-state index contributed by atoms with van der Waals surface area (Å²) in [5, 5.41) is 8.21. The molecule has 0 spiro atoms. The molecule has 18 heteroatoms. The third kappa shape index (κ3) is 6.08. The topological polar surface area (TPSA) is 178 Å². The molecular weight excluding hydrogens is 770 g/mol. The van der Waals surface area contributed by atoms with E-state index in [2.05, 4.69) is 10.3 Å². The minimum Gasteiger partial charge on any atom is -0.490 e. The number of nitrogens with zero attached hydrogens (tertiary/aromatic N) is 1. The van der Waals surface area contributed by atoms with Crippen LogP contribution in [-0.2, 0) is 30.6 Å². The monoisotopic (exact) mass is 800 g/mol. The fraction of sp³-hybridized carbons (Fsp3) is 0.333. The van der Waals surface area contributed by atoms with Gasteiger partial charge in [-0.05, 0) is 85.2 Å². The molecule has 8 rings (SSSR count). The number of anilines is 2. The smallest absolute Gasteiger partial charge is 0.418 e. The van der Waals surface area contributed by atoms with Crippen LogP contribution in [-0.4, -0.2) is 49.6 Å². The molecule has 2 aliphatic carbocycles. The van der Waals surface area contributed by atoms with Gasteiger partial charge in [-0.15, -0.1) is 11.8 Å². The number of nitrogens with one attached hydrogen (secondary N) is 2. The van der Waals surface area contributed by atoms with Crippen LogP contribution in [0.25, 0.3) is 0 Å². The first-order valence-electron chi connectivity index (χ1n) is 16.9.